The second kappa shape index (κ2) is 54.7. The molecule has 0 heterocycles. The molecule has 0 saturated carbocycles. The van der Waals surface area contributed by atoms with Gasteiger partial charge in [0.25, 0.3) is 0 Å². The predicted molar refractivity (Wildman–Crippen MR) is 322 cm³/mol. The molecule has 0 fully saturated rings. The number of nitrogens with one attached hydrogen (secondary N) is 1. The van der Waals surface area contributed by atoms with Gasteiger partial charge >= 0.3 is 7.82 Å². The number of phosphoric acid groups is 1. The van der Waals surface area contributed by atoms with E-state index in [-0.39, 0.29) is 25.5 Å². The fraction of sp³-hybridized carbons (Fsp3) is 0.677. The van der Waals surface area contributed by atoms with E-state index < -0.39 is 20.0 Å². The average molecular weight is 1050 g/mol. The number of carbonyl (C=O) groups excluding carboxylic acids is 1. The lowest BCUT2D eigenvalue weighted by Gasteiger charge is -2.25. The SMILES string of the molecule is CC/C=C\C/C=C\C/C=C\C/C=C\C/C=C\C/C=C\C/C=C\C/C=C\C/C=C\CCCC(=O)NC(COP(=O)(O)OCC[N+](C)(C)C)C(O)/C=C/CCCCCCCCCCCCCCCCCCCCCCC. The van der Waals surface area contributed by atoms with Crippen molar-refractivity contribution in [3.8, 4) is 0 Å². The highest BCUT2D eigenvalue weighted by molar-refractivity contribution is 7.47. The maximum atomic E-state index is 13.0. The molecule has 3 N–H and O–H groups in total. The van der Waals surface area contributed by atoms with Crippen molar-refractivity contribution in [2.45, 2.75) is 244 Å². The lowest BCUT2D eigenvalue weighted by atomic mass is 10.0. The van der Waals surface area contributed by atoms with Gasteiger partial charge in [0.05, 0.1) is 39.9 Å². The molecule has 9 heteroatoms. The summed E-state index contributed by atoms with van der Waals surface area (Å²) in [6, 6.07) is -0.888. The number of amides is 1. The minimum atomic E-state index is -4.37. The van der Waals surface area contributed by atoms with E-state index in [0.29, 0.717) is 17.4 Å². The molecule has 74 heavy (non-hydrogen) atoms. The van der Waals surface area contributed by atoms with Crippen LogP contribution in [0, 0.1) is 0 Å². The van der Waals surface area contributed by atoms with Gasteiger partial charge in [-0.25, -0.2) is 4.57 Å². The van der Waals surface area contributed by atoms with Gasteiger partial charge in [-0.15, -0.1) is 0 Å². The number of unbranched alkanes of at least 4 members (excludes halogenated alkanes) is 22. The number of quaternary nitrogens is 1. The summed E-state index contributed by atoms with van der Waals surface area (Å²) in [5.74, 6) is -0.238. The molecule has 0 aromatic heterocycles. The number of hydrogen-bond donors (Lipinski definition) is 3. The second-order valence-electron chi connectivity index (χ2n) is 21.0. The molecule has 0 saturated heterocycles. The first kappa shape index (κ1) is 70.9. The maximum Gasteiger partial charge on any atom is 0.472 e. The molecule has 0 aromatic carbocycles. The monoisotopic (exact) mass is 1050 g/mol. The van der Waals surface area contributed by atoms with E-state index in [1.54, 1.807) is 6.08 Å². The van der Waals surface area contributed by atoms with Crippen LogP contribution < -0.4 is 5.32 Å². The van der Waals surface area contributed by atoms with Crippen LogP contribution in [0.15, 0.2) is 122 Å². The summed E-state index contributed by atoms with van der Waals surface area (Å²) in [4.78, 5) is 23.3. The Kier molecular flexibility index (Phi) is 52.4. The molecule has 0 aliphatic rings. The maximum absolute atomic E-state index is 13.0. The highest BCUT2D eigenvalue weighted by Gasteiger charge is 2.27. The molecule has 0 bridgehead atoms. The molecule has 3 unspecified atom stereocenters. The number of aliphatic hydroxyl groups is 1. The van der Waals surface area contributed by atoms with Crippen molar-refractivity contribution in [3.05, 3.63) is 122 Å². The molecular weight excluding hydrogens is 936 g/mol. The molecule has 0 radical (unpaired) electrons. The standard InChI is InChI=1S/C65H113N2O6P/c1-6-8-10-12-14-16-18-20-22-24-26-28-30-31-32-33-34-35-37-39-41-43-45-47-49-51-53-55-57-59-65(69)66-63(62-73-74(70,71)72-61-60-67(3,4)5)64(68)58-56-54-52-50-48-46-44-42-40-38-36-29-27-25-23-21-19-17-15-13-11-9-7-2/h8,10,14,16,20,22,26,28,31-32,34-35,39,41,45,47,51,53,56,58,63-64,68H,6-7,9,11-13,15,17-19,21,23-25,27,29-30,33,36-38,40,42-44,46,48-50,52,54-55,57,59-62H2,1-5H3,(H-,66,69,70,71)/p+1/b10-8-,16-14-,22-20-,28-26-,32-31-,35-34-,41-39-,47-45-,53-51-,58-56+. The highest BCUT2D eigenvalue weighted by Crippen LogP contribution is 2.43. The Balaban J connectivity index is 4.36. The topological polar surface area (TPSA) is 105 Å². The van der Waals surface area contributed by atoms with E-state index in [1.807, 2.05) is 27.2 Å². The number of likely N-dealkylation sites (N-methyl/N-ethyl adjacent to an activating group) is 1. The van der Waals surface area contributed by atoms with Crippen molar-refractivity contribution in [1.82, 2.24) is 5.32 Å². The van der Waals surface area contributed by atoms with Crippen LogP contribution in [-0.2, 0) is 18.4 Å². The highest BCUT2D eigenvalue weighted by atomic mass is 31.2. The van der Waals surface area contributed by atoms with Crippen LogP contribution in [0.3, 0.4) is 0 Å². The Hall–Kier alpha value is -3.10. The summed E-state index contributed by atoms with van der Waals surface area (Å²) in [5.41, 5.74) is 0. The Morgan fingerprint density at radius 2 is 0.811 bits per heavy atom. The summed E-state index contributed by atoms with van der Waals surface area (Å²) in [7, 11) is 1.52. The zero-order chi connectivity index (χ0) is 54.2. The number of nitrogens with zero attached hydrogens (tertiary/aromatic N) is 1. The van der Waals surface area contributed by atoms with E-state index in [4.69, 9.17) is 9.05 Å². The number of rotatable bonds is 53. The van der Waals surface area contributed by atoms with E-state index in [1.165, 1.54) is 122 Å². The van der Waals surface area contributed by atoms with Crippen molar-refractivity contribution in [1.29, 1.82) is 0 Å². The average Bonchev–Trinajstić information content (AvgIpc) is 3.36. The van der Waals surface area contributed by atoms with Crippen molar-refractivity contribution in [2.24, 2.45) is 0 Å². The fourth-order valence-corrected chi connectivity index (χ4v) is 8.78. The summed E-state index contributed by atoms with van der Waals surface area (Å²) >= 11 is 0. The first-order valence-electron chi connectivity index (χ1n) is 29.9. The molecule has 0 aromatic rings. The van der Waals surface area contributed by atoms with E-state index in [0.717, 1.165) is 83.5 Å². The van der Waals surface area contributed by atoms with Crippen LogP contribution in [0.5, 0.6) is 0 Å². The smallest absolute Gasteiger partial charge is 0.387 e. The van der Waals surface area contributed by atoms with Gasteiger partial charge in [-0.1, -0.05) is 264 Å². The third kappa shape index (κ3) is 56.6. The number of phosphoric ester groups is 1. The predicted octanol–water partition coefficient (Wildman–Crippen LogP) is 18.5. The van der Waals surface area contributed by atoms with Gasteiger partial charge < -0.3 is 19.8 Å². The Morgan fingerprint density at radius 1 is 0.473 bits per heavy atom. The molecule has 8 nitrogen and oxygen atoms in total. The molecular formula is C65H114N2O6P+. The number of carbonyl (C=O) groups is 1. The summed E-state index contributed by atoms with van der Waals surface area (Å²) in [6.07, 6.45) is 81.7. The minimum absolute atomic E-state index is 0.0440. The molecule has 424 valence electrons. The van der Waals surface area contributed by atoms with Crippen LogP contribution >= 0.6 is 7.82 Å². The van der Waals surface area contributed by atoms with Crippen LogP contribution in [0.1, 0.15) is 232 Å². The number of aliphatic hydroxyl groups excluding tert-OH is 1. The minimum Gasteiger partial charge on any atom is -0.387 e. The van der Waals surface area contributed by atoms with Crippen LogP contribution in [-0.4, -0.2) is 73.4 Å². The van der Waals surface area contributed by atoms with Crippen LogP contribution in [0.2, 0.25) is 0 Å². The zero-order valence-corrected chi connectivity index (χ0v) is 49.2. The van der Waals surface area contributed by atoms with Crippen LogP contribution in [0.4, 0.5) is 0 Å². The molecule has 0 aliphatic heterocycles. The zero-order valence-electron chi connectivity index (χ0n) is 48.3. The fourth-order valence-electron chi connectivity index (χ4n) is 8.04. The van der Waals surface area contributed by atoms with Crippen molar-refractivity contribution >= 4 is 13.7 Å². The largest absolute Gasteiger partial charge is 0.472 e. The first-order valence-corrected chi connectivity index (χ1v) is 31.4. The summed E-state index contributed by atoms with van der Waals surface area (Å²) in [6.45, 7) is 4.66. The molecule has 0 spiro atoms. The second-order valence-corrected chi connectivity index (χ2v) is 22.4. The van der Waals surface area contributed by atoms with Gasteiger partial charge in [0, 0.05) is 6.42 Å². The van der Waals surface area contributed by atoms with Gasteiger partial charge in [-0.3, -0.25) is 13.8 Å². The first-order chi connectivity index (χ1) is 36.0. The van der Waals surface area contributed by atoms with Gasteiger partial charge in [0.2, 0.25) is 5.91 Å². The molecule has 3 atom stereocenters. The van der Waals surface area contributed by atoms with Crippen molar-refractivity contribution < 1.29 is 32.9 Å². The van der Waals surface area contributed by atoms with Gasteiger partial charge in [-0.2, -0.15) is 0 Å². The molecule has 1 amide bonds. The van der Waals surface area contributed by atoms with Crippen LogP contribution in [0.25, 0.3) is 0 Å². The van der Waals surface area contributed by atoms with Gasteiger partial charge in [0.15, 0.2) is 0 Å². The van der Waals surface area contributed by atoms with Crippen molar-refractivity contribution in [2.75, 3.05) is 40.9 Å². The van der Waals surface area contributed by atoms with Crippen molar-refractivity contribution in [3.63, 3.8) is 0 Å². The normalized spacial score (nSPS) is 14.7. The number of allylic oxidation sites excluding steroid dienone is 19. The van der Waals surface area contributed by atoms with E-state index >= 15 is 0 Å². The van der Waals surface area contributed by atoms with E-state index in [2.05, 4.69) is 129 Å². The molecule has 0 aliphatic carbocycles. The summed E-state index contributed by atoms with van der Waals surface area (Å²) < 4.78 is 23.7. The quantitative estimate of drug-likeness (QED) is 0.0243. The van der Waals surface area contributed by atoms with E-state index in [9.17, 15) is 19.4 Å². The Bertz CT molecular complexity index is 1620. The third-order valence-corrected chi connectivity index (χ3v) is 13.7. The number of hydrogen-bond acceptors (Lipinski definition) is 5. The lowest BCUT2D eigenvalue weighted by Crippen LogP contribution is -2.45. The van der Waals surface area contributed by atoms with Gasteiger partial charge in [-0.05, 0) is 83.5 Å². The Morgan fingerprint density at radius 3 is 1.18 bits per heavy atom. The molecule has 0 rings (SSSR count). The lowest BCUT2D eigenvalue weighted by molar-refractivity contribution is -0.870. The van der Waals surface area contributed by atoms with Gasteiger partial charge in [0.1, 0.15) is 13.2 Å². The third-order valence-electron chi connectivity index (χ3n) is 12.7. The Labute approximate surface area is 456 Å². The summed E-state index contributed by atoms with van der Waals surface area (Å²) in [5, 5.41) is 13.9.